The molecule has 0 aliphatic carbocycles. The number of methoxy groups -OCH3 is 1. The van der Waals surface area contributed by atoms with E-state index in [1.807, 2.05) is 0 Å². The molecular formula is C17H17FN4O7S. The van der Waals surface area contributed by atoms with Gasteiger partial charge in [0, 0.05) is 11.8 Å². The van der Waals surface area contributed by atoms with Crippen molar-refractivity contribution in [2.45, 2.75) is 30.2 Å². The molecule has 11 nitrogen and oxygen atoms in total. The molecule has 2 aromatic rings. The Hall–Kier alpha value is -3.48. The molecule has 160 valence electrons. The third-order valence-corrected chi connectivity index (χ3v) is 4.94. The summed E-state index contributed by atoms with van der Waals surface area (Å²) in [6.07, 6.45) is -0.204. The molecule has 1 aromatic carbocycles. The third kappa shape index (κ3) is 5.53. The summed E-state index contributed by atoms with van der Waals surface area (Å²) in [5.74, 6) is -3.11. The summed E-state index contributed by atoms with van der Waals surface area (Å²) in [6.45, 7) is 1.65. The second-order valence-corrected chi connectivity index (χ2v) is 7.02. The third-order valence-electron chi connectivity index (χ3n) is 3.86. The van der Waals surface area contributed by atoms with Gasteiger partial charge in [-0.25, -0.2) is 0 Å². The SMILES string of the molecule is CCc1c(O)nc(S[C@H](CC(=O)OC)C(=O)Nc2ccc(F)c([N+](=O)[O-])c2)[nH]c1=O. The fourth-order valence-electron chi connectivity index (χ4n) is 2.35. The van der Waals surface area contributed by atoms with Crippen LogP contribution in [0.5, 0.6) is 5.88 Å². The molecule has 3 N–H and O–H groups in total. The summed E-state index contributed by atoms with van der Waals surface area (Å²) in [6, 6.07) is 2.76. The average molecular weight is 440 g/mol. The number of amides is 1. The van der Waals surface area contributed by atoms with Crippen LogP contribution in [0.2, 0.25) is 0 Å². The highest BCUT2D eigenvalue weighted by Crippen LogP contribution is 2.27. The van der Waals surface area contributed by atoms with Gasteiger partial charge in [0.1, 0.15) is 5.25 Å². The van der Waals surface area contributed by atoms with E-state index in [1.54, 1.807) is 6.92 Å². The molecule has 30 heavy (non-hydrogen) atoms. The molecule has 0 spiro atoms. The van der Waals surface area contributed by atoms with Gasteiger partial charge in [0.05, 0.1) is 24.0 Å². The Labute approximate surface area is 172 Å². The van der Waals surface area contributed by atoms with Crippen molar-refractivity contribution in [1.29, 1.82) is 0 Å². The van der Waals surface area contributed by atoms with Crippen molar-refractivity contribution in [2.24, 2.45) is 0 Å². The molecule has 0 radical (unpaired) electrons. The van der Waals surface area contributed by atoms with Crippen LogP contribution in [0.3, 0.4) is 0 Å². The van der Waals surface area contributed by atoms with Crippen LogP contribution >= 0.6 is 11.8 Å². The van der Waals surface area contributed by atoms with Crippen LogP contribution in [-0.4, -0.2) is 44.2 Å². The minimum Gasteiger partial charge on any atom is -0.493 e. The number of thioether (sulfide) groups is 1. The van der Waals surface area contributed by atoms with Gasteiger partial charge in [0.2, 0.25) is 17.6 Å². The highest BCUT2D eigenvalue weighted by Gasteiger charge is 2.26. The van der Waals surface area contributed by atoms with Crippen molar-refractivity contribution in [1.82, 2.24) is 9.97 Å². The molecule has 2 rings (SSSR count). The van der Waals surface area contributed by atoms with Crippen LogP contribution in [0.4, 0.5) is 15.8 Å². The maximum absolute atomic E-state index is 13.5. The number of aromatic hydroxyl groups is 1. The molecule has 1 amide bonds. The largest absolute Gasteiger partial charge is 0.493 e. The van der Waals surface area contributed by atoms with E-state index in [9.17, 15) is 34.0 Å². The quantitative estimate of drug-likeness (QED) is 0.182. The van der Waals surface area contributed by atoms with Crippen LogP contribution in [-0.2, 0) is 20.7 Å². The topological polar surface area (TPSA) is 165 Å². The highest BCUT2D eigenvalue weighted by molar-refractivity contribution is 8.00. The standard InChI is InChI=1S/C17H17FN4O7S/c1-3-9-14(24)20-17(21-15(9)25)30-12(7-13(23)29-2)16(26)19-8-4-5-10(18)11(6-8)22(27)28/h4-6,12H,3,7H2,1-2H3,(H,19,26)(H2,20,21,24,25)/t12-/m1/s1. The Bertz CT molecular complexity index is 1040. The summed E-state index contributed by atoms with van der Waals surface area (Å²) in [5.41, 5.74) is -1.45. The number of nitrogens with one attached hydrogen (secondary N) is 2. The lowest BCUT2D eigenvalue weighted by Crippen LogP contribution is -2.29. The van der Waals surface area contributed by atoms with Gasteiger partial charge in [-0.3, -0.25) is 24.5 Å². The lowest BCUT2D eigenvalue weighted by molar-refractivity contribution is -0.387. The van der Waals surface area contributed by atoms with E-state index >= 15 is 0 Å². The Balaban J connectivity index is 2.29. The predicted octanol–water partition coefficient (Wildman–Crippen LogP) is 1.75. The van der Waals surface area contributed by atoms with Gasteiger partial charge in [-0.1, -0.05) is 18.7 Å². The summed E-state index contributed by atoms with van der Waals surface area (Å²) < 4.78 is 18.0. The first-order valence-corrected chi connectivity index (χ1v) is 9.34. The van der Waals surface area contributed by atoms with Crippen molar-refractivity contribution in [3.63, 3.8) is 0 Å². The minimum atomic E-state index is -1.18. The number of esters is 1. The second-order valence-electron chi connectivity index (χ2n) is 5.83. The van der Waals surface area contributed by atoms with Crippen molar-refractivity contribution >= 4 is 35.0 Å². The number of halogens is 1. The van der Waals surface area contributed by atoms with Gasteiger partial charge in [-0.2, -0.15) is 9.37 Å². The van der Waals surface area contributed by atoms with E-state index in [2.05, 4.69) is 20.0 Å². The Kier molecular flexibility index (Phi) is 7.47. The predicted molar refractivity (Wildman–Crippen MR) is 104 cm³/mol. The van der Waals surface area contributed by atoms with Gasteiger partial charge >= 0.3 is 11.7 Å². The van der Waals surface area contributed by atoms with Crippen molar-refractivity contribution in [3.8, 4) is 5.88 Å². The number of carbonyl (C=O) groups excluding carboxylic acids is 2. The Morgan fingerprint density at radius 1 is 1.47 bits per heavy atom. The highest BCUT2D eigenvalue weighted by atomic mass is 32.2. The molecule has 0 aliphatic heterocycles. The Morgan fingerprint density at radius 3 is 2.73 bits per heavy atom. The van der Waals surface area contributed by atoms with E-state index in [4.69, 9.17) is 0 Å². The number of nitro benzene ring substituents is 1. The van der Waals surface area contributed by atoms with Crippen LogP contribution in [0.25, 0.3) is 0 Å². The smallest absolute Gasteiger partial charge is 0.307 e. The monoisotopic (exact) mass is 440 g/mol. The first-order valence-electron chi connectivity index (χ1n) is 8.46. The van der Waals surface area contributed by atoms with Gasteiger partial charge in [-0.15, -0.1) is 0 Å². The number of carbonyl (C=O) groups is 2. The number of aromatic amines is 1. The zero-order valence-electron chi connectivity index (χ0n) is 15.8. The van der Waals surface area contributed by atoms with Gasteiger partial charge in [0.15, 0.2) is 5.16 Å². The lowest BCUT2D eigenvalue weighted by Gasteiger charge is -2.15. The summed E-state index contributed by atoms with van der Waals surface area (Å²) in [4.78, 5) is 52.4. The first kappa shape index (κ1) is 22.8. The molecule has 0 unspecified atom stereocenters. The molecule has 0 bridgehead atoms. The fraction of sp³-hybridized carbons (Fsp3) is 0.294. The van der Waals surface area contributed by atoms with E-state index < -0.39 is 51.4 Å². The summed E-state index contributed by atoms with van der Waals surface area (Å²) in [7, 11) is 1.12. The molecule has 0 saturated heterocycles. The fourth-order valence-corrected chi connectivity index (χ4v) is 3.30. The number of anilines is 1. The van der Waals surface area contributed by atoms with E-state index in [1.165, 1.54) is 0 Å². The number of hydrogen-bond donors (Lipinski definition) is 3. The number of H-pyrrole nitrogens is 1. The zero-order chi connectivity index (χ0) is 22.4. The van der Waals surface area contributed by atoms with E-state index in [-0.39, 0.29) is 22.8 Å². The van der Waals surface area contributed by atoms with Gasteiger partial charge in [-0.05, 0) is 18.6 Å². The maximum atomic E-state index is 13.5. The number of hydrogen-bond acceptors (Lipinski definition) is 9. The summed E-state index contributed by atoms with van der Waals surface area (Å²) >= 11 is 0.673. The second kappa shape index (κ2) is 9.82. The van der Waals surface area contributed by atoms with Gasteiger partial charge in [0.25, 0.3) is 5.56 Å². The van der Waals surface area contributed by atoms with E-state index in [0.29, 0.717) is 11.8 Å². The summed E-state index contributed by atoms with van der Waals surface area (Å²) in [5, 5.41) is 21.8. The number of ether oxygens (including phenoxy) is 1. The van der Waals surface area contributed by atoms with Crippen LogP contribution in [0.1, 0.15) is 18.9 Å². The number of nitrogens with zero attached hydrogens (tertiary/aromatic N) is 2. The van der Waals surface area contributed by atoms with Gasteiger partial charge < -0.3 is 20.1 Å². The number of rotatable bonds is 8. The molecule has 1 heterocycles. The lowest BCUT2D eigenvalue weighted by atomic mass is 10.2. The zero-order valence-corrected chi connectivity index (χ0v) is 16.6. The molecule has 0 aliphatic rings. The molecule has 0 saturated carbocycles. The average Bonchev–Trinajstić information content (AvgIpc) is 2.68. The van der Waals surface area contributed by atoms with Crippen molar-refractivity contribution in [3.05, 3.63) is 50.0 Å². The molecule has 13 heteroatoms. The molecular weight excluding hydrogens is 423 g/mol. The molecule has 1 aromatic heterocycles. The Morgan fingerprint density at radius 2 is 2.17 bits per heavy atom. The first-order chi connectivity index (χ1) is 14.2. The number of nitro groups is 1. The molecule has 0 fully saturated rings. The number of aromatic nitrogens is 2. The maximum Gasteiger partial charge on any atom is 0.307 e. The molecule has 1 atom stereocenters. The van der Waals surface area contributed by atoms with Crippen LogP contribution in [0.15, 0.2) is 28.2 Å². The van der Waals surface area contributed by atoms with Crippen molar-refractivity contribution < 1.29 is 28.7 Å². The number of benzene rings is 1. The minimum absolute atomic E-state index is 0.0620. The van der Waals surface area contributed by atoms with E-state index in [0.717, 1.165) is 25.3 Å². The van der Waals surface area contributed by atoms with Crippen LogP contribution < -0.4 is 10.9 Å². The van der Waals surface area contributed by atoms with Crippen molar-refractivity contribution in [2.75, 3.05) is 12.4 Å². The van der Waals surface area contributed by atoms with Crippen LogP contribution in [0, 0.1) is 15.9 Å². The normalized spacial score (nSPS) is 11.6.